The molecule has 2 aromatic heterocycles. The summed E-state index contributed by atoms with van der Waals surface area (Å²) in [4.78, 5) is 31.3. The van der Waals surface area contributed by atoms with E-state index in [4.69, 9.17) is 0 Å². The third-order valence-corrected chi connectivity index (χ3v) is 2.03. The average molecular weight is 191 g/mol. The molecule has 0 unspecified atom stereocenters. The summed E-state index contributed by atoms with van der Waals surface area (Å²) in [6.07, 6.45) is 0. The van der Waals surface area contributed by atoms with Gasteiger partial charge in [0.15, 0.2) is 0 Å². The van der Waals surface area contributed by atoms with Crippen molar-refractivity contribution in [3.05, 3.63) is 38.3 Å². The lowest BCUT2D eigenvalue weighted by atomic mass is 10.2. The van der Waals surface area contributed by atoms with E-state index in [9.17, 15) is 9.59 Å². The summed E-state index contributed by atoms with van der Waals surface area (Å²) < 4.78 is 0. The molecule has 0 aliphatic rings. The van der Waals surface area contributed by atoms with Crippen LogP contribution in [0.25, 0.3) is 10.9 Å². The highest BCUT2D eigenvalue weighted by Crippen LogP contribution is 2.09. The van der Waals surface area contributed by atoms with Gasteiger partial charge in [0.1, 0.15) is 0 Å². The lowest BCUT2D eigenvalue weighted by molar-refractivity contribution is 1.05. The molecule has 0 aliphatic heterocycles. The van der Waals surface area contributed by atoms with E-state index >= 15 is 0 Å². The van der Waals surface area contributed by atoms with Crippen LogP contribution in [0.15, 0.2) is 15.7 Å². The minimum absolute atomic E-state index is 0.395. The predicted octanol–water partition coefficient (Wildman–Crippen LogP) is 0.228. The number of nitrogens with zero attached hydrogens (tertiary/aromatic N) is 1. The van der Waals surface area contributed by atoms with Gasteiger partial charge >= 0.3 is 5.69 Å². The number of aromatic nitrogens is 3. The molecule has 0 amide bonds. The van der Waals surface area contributed by atoms with E-state index in [2.05, 4.69) is 15.0 Å². The summed E-state index contributed by atoms with van der Waals surface area (Å²) in [6.45, 7) is 3.55. The topological polar surface area (TPSA) is 78.6 Å². The van der Waals surface area contributed by atoms with Crippen molar-refractivity contribution in [2.75, 3.05) is 0 Å². The maximum Gasteiger partial charge on any atom is 0.326 e. The monoisotopic (exact) mass is 191 g/mol. The summed E-state index contributed by atoms with van der Waals surface area (Å²) in [5.41, 5.74) is 1.04. The third-order valence-electron chi connectivity index (χ3n) is 2.03. The van der Waals surface area contributed by atoms with E-state index < -0.39 is 11.2 Å². The second kappa shape index (κ2) is 2.80. The standard InChI is InChI=1S/C9H9N3O2/c1-4-3-6-7(5(2)10-4)8(13)12-9(14)11-6/h3H,1-2H3,(H2,11,12,13,14). The molecule has 2 N–H and O–H groups in total. The van der Waals surface area contributed by atoms with Crippen LogP contribution in [0, 0.1) is 13.8 Å². The number of hydrogen-bond donors (Lipinski definition) is 2. The molecule has 2 heterocycles. The zero-order chi connectivity index (χ0) is 10.3. The molecule has 0 saturated heterocycles. The second-order valence-corrected chi connectivity index (χ2v) is 3.18. The fraction of sp³-hybridized carbons (Fsp3) is 0.222. The van der Waals surface area contributed by atoms with Crippen molar-refractivity contribution in [1.29, 1.82) is 0 Å². The number of H-pyrrole nitrogens is 2. The van der Waals surface area contributed by atoms with E-state index in [0.717, 1.165) is 5.69 Å². The highest BCUT2D eigenvalue weighted by Gasteiger charge is 2.05. The Hall–Kier alpha value is -1.91. The van der Waals surface area contributed by atoms with Crippen molar-refractivity contribution in [3.63, 3.8) is 0 Å². The molecule has 14 heavy (non-hydrogen) atoms. The molecule has 2 rings (SSSR count). The third kappa shape index (κ3) is 1.22. The summed E-state index contributed by atoms with van der Waals surface area (Å²) in [5, 5.41) is 0.440. The quantitative estimate of drug-likeness (QED) is 0.625. The minimum Gasteiger partial charge on any atom is -0.307 e. The summed E-state index contributed by atoms with van der Waals surface area (Å²) in [6, 6.07) is 1.68. The van der Waals surface area contributed by atoms with Crippen molar-refractivity contribution in [2.24, 2.45) is 0 Å². The Morgan fingerprint density at radius 3 is 2.64 bits per heavy atom. The van der Waals surface area contributed by atoms with E-state index in [-0.39, 0.29) is 0 Å². The van der Waals surface area contributed by atoms with Gasteiger partial charge in [0.2, 0.25) is 0 Å². The van der Waals surface area contributed by atoms with Crippen LogP contribution in [0.5, 0.6) is 0 Å². The predicted molar refractivity (Wildman–Crippen MR) is 52.5 cm³/mol. The smallest absolute Gasteiger partial charge is 0.307 e. The molecular formula is C9H9N3O2. The molecule has 0 bridgehead atoms. The van der Waals surface area contributed by atoms with E-state index in [1.165, 1.54) is 0 Å². The summed E-state index contributed by atoms with van der Waals surface area (Å²) in [7, 11) is 0. The van der Waals surface area contributed by atoms with Crippen molar-refractivity contribution in [1.82, 2.24) is 15.0 Å². The maximum atomic E-state index is 11.4. The molecular weight excluding hydrogens is 182 g/mol. The lowest BCUT2D eigenvalue weighted by Gasteiger charge is -2.00. The Balaban J connectivity index is 3.10. The van der Waals surface area contributed by atoms with Gasteiger partial charge in [0.25, 0.3) is 5.56 Å². The SMILES string of the molecule is Cc1cc2[nH]c(=O)[nH]c(=O)c2c(C)n1. The minimum atomic E-state index is -0.493. The van der Waals surface area contributed by atoms with Crippen molar-refractivity contribution >= 4 is 10.9 Å². The van der Waals surface area contributed by atoms with Gasteiger partial charge in [-0.1, -0.05) is 0 Å². The molecule has 0 aromatic carbocycles. The van der Waals surface area contributed by atoms with Gasteiger partial charge in [-0.2, -0.15) is 0 Å². The first-order valence-electron chi connectivity index (χ1n) is 4.18. The van der Waals surface area contributed by atoms with Crippen molar-refractivity contribution in [2.45, 2.75) is 13.8 Å². The molecule has 0 spiro atoms. The highest BCUT2D eigenvalue weighted by molar-refractivity contribution is 5.79. The number of hydrogen-bond acceptors (Lipinski definition) is 3. The van der Waals surface area contributed by atoms with Gasteiger partial charge < -0.3 is 4.98 Å². The van der Waals surface area contributed by atoms with Gasteiger partial charge in [-0.3, -0.25) is 14.8 Å². The van der Waals surface area contributed by atoms with Crippen molar-refractivity contribution < 1.29 is 0 Å². The number of aromatic amines is 2. The summed E-state index contributed by atoms with van der Waals surface area (Å²) >= 11 is 0. The summed E-state index contributed by atoms with van der Waals surface area (Å²) in [5.74, 6) is 0. The van der Waals surface area contributed by atoms with Crippen LogP contribution in [0.4, 0.5) is 0 Å². The number of aryl methyl sites for hydroxylation is 2. The Kier molecular flexibility index (Phi) is 1.73. The van der Waals surface area contributed by atoms with Crippen molar-refractivity contribution in [3.8, 4) is 0 Å². The molecule has 2 aromatic rings. The number of rotatable bonds is 0. The Morgan fingerprint density at radius 2 is 1.93 bits per heavy atom. The molecule has 0 aliphatic carbocycles. The highest BCUT2D eigenvalue weighted by atomic mass is 16.2. The second-order valence-electron chi connectivity index (χ2n) is 3.18. The zero-order valence-electron chi connectivity index (χ0n) is 7.84. The van der Waals surface area contributed by atoms with E-state index in [1.807, 2.05) is 6.92 Å². The molecule has 5 heteroatoms. The zero-order valence-corrected chi connectivity index (χ0v) is 7.84. The van der Waals surface area contributed by atoms with Gasteiger partial charge in [-0.05, 0) is 19.9 Å². The van der Waals surface area contributed by atoms with Gasteiger partial charge in [-0.25, -0.2) is 4.79 Å². The largest absolute Gasteiger partial charge is 0.326 e. The first-order chi connectivity index (χ1) is 6.58. The Bertz CT molecular complexity index is 609. The number of fused-ring (bicyclic) bond motifs is 1. The number of pyridine rings is 1. The first-order valence-corrected chi connectivity index (χ1v) is 4.18. The van der Waals surface area contributed by atoms with E-state index in [0.29, 0.717) is 16.6 Å². The lowest BCUT2D eigenvalue weighted by Crippen LogP contribution is -2.22. The molecule has 5 nitrogen and oxygen atoms in total. The maximum absolute atomic E-state index is 11.4. The van der Waals surface area contributed by atoms with Crippen LogP contribution in [0.3, 0.4) is 0 Å². The Morgan fingerprint density at radius 1 is 1.21 bits per heavy atom. The molecule has 72 valence electrons. The van der Waals surface area contributed by atoms with Gasteiger partial charge in [0, 0.05) is 5.69 Å². The Labute approximate surface area is 78.8 Å². The van der Waals surface area contributed by atoms with Crippen LogP contribution in [-0.4, -0.2) is 15.0 Å². The molecule has 0 atom stereocenters. The molecule has 0 radical (unpaired) electrons. The van der Waals surface area contributed by atoms with Crippen LogP contribution >= 0.6 is 0 Å². The fourth-order valence-corrected chi connectivity index (χ4v) is 1.53. The molecule has 0 fully saturated rings. The van der Waals surface area contributed by atoms with Crippen LogP contribution in [0.2, 0.25) is 0 Å². The first kappa shape index (κ1) is 8.68. The normalized spacial score (nSPS) is 10.7. The van der Waals surface area contributed by atoms with Crippen LogP contribution in [0.1, 0.15) is 11.4 Å². The van der Waals surface area contributed by atoms with Crippen LogP contribution in [-0.2, 0) is 0 Å². The van der Waals surface area contributed by atoms with Gasteiger partial charge in [0.05, 0.1) is 16.6 Å². The van der Waals surface area contributed by atoms with Gasteiger partial charge in [-0.15, -0.1) is 0 Å². The number of nitrogens with one attached hydrogen (secondary N) is 2. The fourth-order valence-electron chi connectivity index (χ4n) is 1.53. The average Bonchev–Trinajstić information content (AvgIpc) is 1.99. The molecule has 0 saturated carbocycles. The van der Waals surface area contributed by atoms with Crippen LogP contribution < -0.4 is 11.2 Å². The van der Waals surface area contributed by atoms with E-state index in [1.54, 1.807) is 13.0 Å².